The second-order valence-corrected chi connectivity index (χ2v) is 19.9. The molecule has 4 heteroatoms. The van der Waals surface area contributed by atoms with Crippen molar-refractivity contribution in [3.63, 3.8) is 0 Å². The van der Waals surface area contributed by atoms with Crippen LogP contribution in [-0.2, 0) is 0 Å². The van der Waals surface area contributed by atoms with E-state index in [-0.39, 0.29) is 11.1 Å². The smallest absolute Gasteiger partial charge is 0.263 e. The first-order valence-electron chi connectivity index (χ1n) is 25.2. The van der Waals surface area contributed by atoms with Gasteiger partial charge in [0, 0.05) is 48.7 Å². The molecular formula is C70H40N2O2. The number of fused-ring (bicyclic) bond motifs is 12. The van der Waals surface area contributed by atoms with E-state index in [1.54, 1.807) is 0 Å². The average Bonchev–Trinajstić information content (AvgIpc) is 3.99. The van der Waals surface area contributed by atoms with Crippen LogP contribution in [0.4, 0.5) is 0 Å². The van der Waals surface area contributed by atoms with Gasteiger partial charge in [-0.1, -0.05) is 170 Å². The molecule has 16 aromatic rings. The first kappa shape index (κ1) is 40.8. The third-order valence-electron chi connectivity index (χ3n) is 15.9. The zero-order valence-electron chi connectivity index (χ0n) is 39.8. The predicted molar refractivity (Wildman–Crippen MR) is 310 cm³/mol. The van der Waals surface area contributed by atoms with Crippen LogP contribution in [0, 0.1) is 0 Å². The highest BCUT2D eigenvalue weighted by Crippen LogP contribution is 2.44. The Hall–Kier alpha value is -9.90. The van der Waals surface area contributed by atoms with Gasteiger partial charge >= 0.3 is 0 Å². The Bertz CT molecular complexity index is 5180. The number of nitrogens with zero attached hydrogens (tertiary/aromatic N) is 2. The number of benzene rings is 12. The Morgan fingerprint density at radius 1 is 0.216 bits per heavy atom. The van der Waals surface area contributed by atoms with Crippen LogP contribution in [-0.4, -0.2) is 8.80 Å². The molecular weight excluding hydrogens is 901 g/mol. The van der Waals surface area contributed by atoms with Crippen molar-refractivity contribution in [2.75, 3.05) is 0 Å². The Morgan fingerprint density at radius 2 is 0.635 bits per heavy atom. The van der Waals surface area contributed by atoms with Crippen LogP contribution < -0.4 is 11.1 Å². The van der Waals surface area contributed by atoms with Crippen molar-refractivity contribution >= 4 is 97.5 Å². The summed E-state index contributed by atoms with van der Waals surface area (Å²) in [5.74, 6) is 0. The zero-order valence-corrected chi connectivity index (χ0v) is 39.8. The second kappa shape index (κ2) is 15.3. The summed E-state index contributed by atoms with van der Waals surface area (Å²) in [6.45, 7) is 0. The van der Waals surface area contributed by atoms with Crippen LogP contribution >= 0.6 is 0 Å². The number of hydrogen-bond donors (Lipinski definition) is 0. The van der Waals surface area contributed by atoms with E-state index in [0.29, 0.717) is 5.39 Å². The summed E-state index contributed by atoms with van der Waals surface area (Å²) in [4.78, 5) is 28.9. The molecule has 12 aromatic carbocycles. The summed E-state index contributed by atoms with van der Waals surface area (Å²) in [5, 5.41) is 14.5. The molecule has 0 aliphatic rings. The molecule has 0 fully saturated rings. The lowest BCUT2D eigenvalue weighted by atomic mass is 9.92. The SMILES string of the molecule is O=c1c2ccccc2c2cc(-c3ccc4ccc(-c5cccc(-c6cc(-c7ccccc7)c7c(c6)c6cccc8c9ccccc9c(=O)n7c86)c5)cc4c3)cc3c4cc(-c5ccc6ccccc6c5)ccc4n1c23. The minimum atomic E-state index is 0.00157. The van der Waals surface area contributed by atoms with E-state index in [2.05, 4.69) is 200 Å². The largest absolute Gasteiger partial charge is 0.275 e. The maximum absolute atomic E-state index is 14.5. The Labute approximate surface area is 423 Å². The van der Waals surface area contributed by atoms with Gasteiger partial charge in [-0.3, -0.25) is 18.4 Å². The van der Waals surface area contributed by atoms with Gasteiger partial charge in [-0.25, -0.2) is 0 Å². The maximum atomic E-state index is 14.5. The topological polar surface area (TPSA) is 43.0 Å². The summed E-state index contributed by atoms with van der Waals surface area (Å²) in [7, 11) is 0. The minimum absolute atomic E-state index is 0.00157. The lowest BCUT2D eigenvalue weighted by Gasteiger charge is -2.12. The lowest BCUT2D eigenvalue weighted by Crippen LogP contribution is -2.13. The van der Waals surface area contributed by atoms with E-state index < -0.39 is 0 Å². The first-order valence-corrected chi connectivity index (χ1v) is 25.2. The molecule has 4 heterocycles. The van der Waals surface area contributed by atoms with Crippen LogP contribution in [0.25, 0.3) is 153 Å². The van der Waals surface area contributed by atoms with Crippen LogP contribution in [0.3, 0.4) is 0 Å². The molecule has 0 aliphatic carbocycles. The summed E-state index contributed by atoms with van der Waals surface area (Å²) in [5.41, 5.74) is 14.7. The number of pyridine rings is 2. The molecule has 0 aliphatic heterocycles. The molecule has 4 nitrogen and oxygen atoms in total. The monoisotopic (exact) mass is 940 g/mol. The van der Waals surface area contributed by atoms with Gasteiger partial charge in [0.1, 0.15) is 0 Å². The van der Waals surface area contributed by atoms with Crippen molar-refractivity contribution < 1.29 is 0 Å². The van der Waals surface area contributed by atoms with Crippen LogP contribution in [0.2, 0.25) is 0 Å². The minimum Gasteiger partial charge on any atom is -0.275 e. The van der Waals surface area contributed by atoms with Crippen molar-refractivity contribution in [3.8, 4) is 55.6 Å². The van der Waals surface area contributed by atoms with E-state index in [1.807, 2.05) is 51.3 Å². The molecule has 0 unspecified atom stereocenters. The lowest BCUT2D eigenvalue weighted by molar-refractivity contribution is 1.21. The Kier molecular flexibility index (Phi) is 8.44. The molecule has 0 amide bonds. The average molecular weight is 941 g/mol. The number of rotatable bonds is 5. The van der Waals surface area contributed by atoms with E-state index >= 15 is 0 Å². The molecule has 4 aromatic heterocycles. The molecule has 16 rings (SSSR count). The fourth-order valence-electron chi connectivity index (χ4n) is 12.4. The van der Waals surface area contributed by atoms with Gasteiger partial charge in [-0.2, -0.15) is 0 Å². The van der Waals surface area contributed by atoms with E-state index in [1.165, 1.54) is 10.8 Å². The molecule has 0 spiro atoms. The molecule has 0 N–H and O–H groups in total. The van der Waals surface area contributed by atoms with Gasteiger partial charge in [0.15, 0.2) is 0 Å². The summed E-state index contributed by atoms with van der Waals surface area (Å²) in [6, 6.07) is 86.0. The van der Waals surface area contributed by atoms with Crippen molar-refractivity contribution in [2.45, 2.75) is 0 Å². The molecule has 0 atom stereocenters. The zero-order chi connectivity index (χ0) is 48.8. The van der Waals surface area contributed by atoms with E-state index in [4.69, 9.17) is 0 Å². The molecule has 0 saturated carbocycles. The standard InChI is InChI=1S/C70H40N2O2/c73-69-59-21-9-7-19-55(59)62-38-53(40-64-61-36-50(30-31-65(61)71(69)68(62)64)47-27-24-41-12-4-5-15-44(41)32-47)49-29-26-42-25-28-48(34-51(42)35-49)45-16-10-17-46(33-45)52-37-60(43-13-2-1-3-14-43)67-63(39-52)57-23-11-22-56-54-18-6-8-20-58(54)70(74)72(67)66(56)57/h1-40H. The highest BCUT2D eigenvalue weighted by atomic mass is 16.1. The fourth-order valence-corrected chi connectivity index (χ4v) is 12.4. The van der Waals surface area contributed by atoms with Gasteiger partial charge in [-0.15, -0.1) is 0 Å². The normalized spacial score (nSPS) is 12.2. The van der Waals surface area contributed by atoms with Crippen molar-refractivity contribution in [2.24, 2.45) is 0 Å². The van der Waals surface area contributed by atoms with Gasteiger partial charge in [0.2, 0.25) is 0 Å². The number of hydrogen-bond acceptors (Lipinski definition) is 2. The van der Waals surface area contributed by atoms with Gasteiger partial charge < -0.3 is 0 Å². The number of para-hydroxylation sites is 1. The van der Waals surface area contributed by atoms with Gasteiger partial charge in [0.05, 0.1) is 22.1 Å². The van der Waals surface area contributed by atoms with Crippen molar-refractivity contribution in [1.82, 2.24) is 8.80 Å². The molecule has 342 valence electrons. The quantitative estimate of drug-likeness (QED) is 0.161. The van der Waals surface area contributed by atoms with Crippen molar-refractivity contribution in [1.29, 1.82) is 0 Å². The molecule has 0 saturated heterocycles. The highest BCUT2D eigenvalue weighted by molar-refractivity contribution is 6.24. The molecule has 0 bridgehead atoms. The van der Waals surface area contributed by atoms with Crippen LogP contribution in [0.15, 0.2) is 252 Å². The van der Waals surface area contributed by atoms with Crippen molar-refractivity contribution in [3.05, 3.63) is 263 Å². The Morgan fingerprint density at radius 3 is 1.35 bits per heavy atom. The maximum Gasteiger partial charge on any atom is 0.263 e. The van der Waals surface area contributed by atoms with E-state index in [0.717, 1.165) is 137 Å². The highest BCUT2D eigenvalue weighted by Gasteiger charge is 2.23. The Balaban J connectivity index is 0.848. The first-order chi connectivity index (χ1) is 36.5. The third kappa shape index (κ3) is 5.85. The van der Waals surface area contributed by atoms with E-state index in [9.17, 15) is 9.59 Å². The van der Waals surface area contributed by atoms with Gasteiger partial charge in [-0.05, 0) is 155 Å². The summed E-state index contributed by atoms with van der Waals surface area (Å²) in [6.07, 6.45) is 0. The number of aromatic nitrogens is 2. The fraction of sp³-hybridized carbons (Fsp3) is 0. The summed E-state index contributed by atoms with van der Waals surface area (Å²) < 4.78 is 3.90. The van der Waals surface area contributed by atoms with Gasteiger partial charge in [0.25, 0.3) is 11.1 Å². The predicted octanol–water partition coefficient (Wildman–Crippen LogP) is 17.3. The third-order valence-corrected chi connectivity index (χ3v) is 15.9. The summed E-state index contributed by atoms with van der Waals surface area (Å²) >= 11 is 0. The van der Waals surface area contributed by atoms with Crippen LogP contribution in [0.5, 0.6) is 0 Å². The molecule has 0 radical (unpaired) electrons. The second-order valence-electron chi connectivity index (χ2n) is 19.9. The molecule has 74 heavy (non-hydrogen) atoms. The van der Waals surface area contributed by atoms with Crippen LogP contribution in [0.1, 0.15) is 0 Å².